The number of thioether (sulfide) groups is 1. The maximum Gasteiger partial charge on any atom is 0.251 e. The number of amides is 2. The van der Waals surface area contributed by atoms with E-state index in [1.54, 1.807) is 11.8 Å². The van der Waals surface area contributed by atoms with E-state index >= 15 is 0 Å². The van der Waals surface area contributed by atoms with Gasteiger partial charge in [0.25, 0.3) is 5.91 Å². The molecule has 1 aliphatic carbocycles. The molecule has 0 radical (unpaired) electrons. The molecule has 1 aromatic rings. The molecule has 0 heterocycles. The van der Waals surface area contributed by atoms with Crippen LogP contribution in [0.25, 0.3) is 0 Å². The van der Waals surface area contributed by atoms with Crippen molar-refractivity contribution in [2.24, 2.45) is 0 Å². The second-order valence-electron chi connectivity index (χ2n) is 5.51. The van der Waals surface area contributed by atoms with Gasteiger partial charge in [-0.25, -0.2) is 4.39 Å². The average Bonchev–Trinajstić information content (AvgIpc) is 2.49. The Hall–Kier alpha value is -1.56. The summed E-state index contributed by atoms with van der Waals surface area (Å²) in [6.45, 7) is 1.30. The molecule has 2 atom stereocenters. The van der Waals surface area contributed by atoms with Crippen molar-refractivity contribution in [3.63, 3.8) is 0 Å². The number of rotatable bonds is 4. The number of anilines is 1. The SMILES string of the molecule is CS[C@H]1CCCC[C@H]1NC(=O)c1ccc(F)c(NC(C)=O)c1. The molecule has 1 fully saturated rings. The zero-order chi connectivity index (χ0) is 16.1. The minimum absolute atomic E-state index is 0.0326. The fourth-order valence-electron chi connectivity index (χ4n) is 2.75. The van der Waals surface area contributed by atoms with Crippen molar-refractivity contribution >= 4 is 29.3 Å². The summed E-state index contributed by atoms with van der Waals surface area (Å²) < 4.78 is 13.6. The van der Waals surface area contributed by atoms with Crippen molar-refractivity contribution in [2.75, 3.05) is 11.6 Å². The largest absolute Gasteiger partial charge is 0.348 e. The van der Waals surface area contributed by atoms with Crippen LogP contribution in [0.4, 0.5) is 10.1 Å². The summed E-state index contributed by atoms with van der Waals surface area (Å²) in [5, 5.41) is 5.86. The van der Waals surface area contributed by atoms with E-state index < -0.39 is 5.82 Å². The Morgan fingerprint density at radius 3 is 2.68 bits per heavy atom. The lowest BCUT2D eigenvalue weighted by Crippen LogP contribution is -2.43. The standard InChI is InChI=1S/C16H21FN2O2S/c1-10(20)18-14-9-11(7-8-12(14)17)16(21)19-13-5-3-4-6-15(13)22-2/h7-9,13,15H,3-6H2,1-2H3,(H,18,20)(H,19,21)/t13-,15+/m1/s1. The molecule has 1 saturated carbocycles. The molecule has 2 N–H and O–H groups in total. The molecule has 0 spiro atoms. The number of nitrogens with one attached hydrogen (secondary N) is 2. The Bertz CT molecular complexity index is 565. The molecule has 4 nitrogen and oxygen atoms in total. The third kappa shape index (κ3) is 4.22. The molecule has 6 heteroatoms. The minimum Gasteiger partial charge on any atom is -0.348 e. The Labute approximate surface area is 134 Å². The number of carbonyl (C=O) groups is 2. The molecule has 1 aliphatic rings. The fourth-order valence-corrected chi connectivity index (χ4v) is 3.68. The molecule has 2 rings (SSSR count). The highest BCUT2D eigenvalue weighted by Gasteiger charge is 2.26. The maximum atomic E-state index is 13.6. The summed E-state index contributed by atoms with van der Waals surface area (Å²) in [6.07, 6.45) is 6.44. The van der Waals surface area contributed by atoms with Gasteiger partial charge < -0.3 is 10.6 Å². The number of hydrogen-bond donors (Lipinski definition) is 2. The Morgan fingerprint density at radius 1 is 1.27 bits per heavy atom. The normalized spacial score (nSPS) is 21.2. The van der Waals surface area contributed by atoms with Gasteiger partial charge in [-0.2, -0.15) is 11.8 Å². The minimum atomic E-state index is -0.550. The summed E-state index contributed by atoms with van der Waals surface area (Å²) >= 11 is 1.77. The maximum absolute atomic E-state index is 13.6. The number of halogens is 1. The first-order valence-electron chi connectivity index (χ1n) is 7.42. The van der Waals surface area contributed by atoms with Gasteiger partial charge in [0.2, 0.25) is 5.91 Å². The molecule has 120 valence electrons. The first-order chi connectivity index (χ1) is 10.5. The zero-order valence-corrected chi connectivity index (χ0v) is 13.6. The molecule has 2 amide bonds. The molecule has 1 aromatic carbocycles. The second-order valence-corrected chi connectivity index (χ2v) is 6.59. The lowest BCUT2D eigenvalue weighted by molar-refractivity contribution is -0.114. The molecule has 0 bridgehead atoms. The Balaban J connectivity index is 2.10. The Morgan fingerprint density at radius 2 is 2.00 bits per heavy atom. The van der Waals surface area contributed by atoms with E-state index in [1.165, 1.54) is 31.5 Å². The van der Waals surface area contributed by atoms with Gasteiger partial charge in [-0.3, -0.25) is 9.59 Å². The van der Waals surface area contributed by atoms with E-state index in [-0.39, 0.29) is 23.5 Å². The summed E-state index contributed by atoms with van der Waals surface area (Å²) in [5.41, 5.74) is 0.390. The van der Waals surface area contributed by atoms with Crippen LogP contribution in [0.2, 0.25) is 0 Å². The molecule has 22 heavy (non-hydrogen) atoms. The fraction of sp³-hybridized carbons (Fsp3) is 0.500. The van der Waals surface area contributed by atoms with Crippen LogP contribution >= 0.6 is 11.8 Å². The van der Waals surface area contributed by atoms with Crippen LogP contribution in [-0.4, -0.2) is 29.4 Å². The summed E-state index contributed by atoms with van der Waals surface area (Å²) in [6, 6.07) is 4.16. The summed E-state index contributed by atoms with van der Waals surface area (Å²) in [5.74, 6) is -1.14. The molecular formula is C16H21FN2O2S. The van der Waals surface area contributed by atoms with Crippen molar-refractivity contribution in [1.29, 1.82) is 0 Å². The van der Waals surface area contributed by atoms with Gasteiger partial charge in [-0.1, -0.05) is 12.8 Å². The molecular weight excluding hydrogens is 303 g/mol. The highest BCUT2D eigenvalue weighted by molar-refractivity contribution is 7.99. The third-order valence-electron chi connectivity index (χ3n) is 3.86. The monoisotopic (exact) mass is 324 g/mol. The zero-order valence-electron chi connectivity index (χ0n) is 12.8. The van der Waals surface area contributed by atoms with Crippen molar-refractivity contribution in [2.45, 2.75) is 43.9 Å². The van der Waals surface area contributed by atoms with Gasteiger partial charge in [-0.15, -0.1) is 0 Å². The van der Waals surface area contributed by atoms with Gasteiger partial charge in [0.05, 0.1) is 5.69 Å². The lowest BCUT2D eigenvalue weighted by atomic mass is 9.94. The molecule has 0 unspecified atom stereocenters. The van der Waals surface area contributed by atoms with Crippen LogP contribution in [0.15, 0.2) is 18.2 Å². The number of benzene rings is 1. The van der Waals surface area contributed by atoms with Crippen molar-refractivity contribution < 1.29 is 14.0 Å². The summed E-state index contributed by atoms with van der Waals surface area (Å²) in [4.78, 5) is 23.4. The van der Waals surface area contributed by atoms with Crippen LogP contribution in [0, 0.1) is 5.82 Å². The van der Waals surface area contributed by atoms with Crippen LogP contribution in [0.5, 0.6) is 0 Å². The van der Waals surface area contributed by atoms with Crippen LogP contribution < -0.4 is 10.6 Å². The highest BCUT2D eigenvalue weighted by Crippen LogP contribution is 2.27. The number of carbonyl (C=O) groups excluding carboxylic acids is 2. The van der Waals surface area contributed by atoms with Crippen molar-refractivity contribution in [3.05, 3.63) is 29.6 Å². The van der Waals surface area contributed by atoms with Crippen molar-refractivity contribution in [1.82, 2.24) is 5.32 Å². The van der Waals surface area contributed by atoms with Crippen molar-refractivity contribution in [3.8, 4) is 0 Å². The quantitative estimate of drug-likeness (QED) is 0.894. The van der Waals surface area contributed by atoms with Gasteiger partial charge >= 0.3 is 0 Å². The van der Waals surface area contributed by atoms with E-state index in [9.17, 15) is 14.0 Å². The second kappa shape index (κ2) is 7.63. The molecule has 0 aliphatic heterocycles. The Kier molecular flexibility index (Phi) is 5.83. The molecule has 0 aromatic heterocycles. The van der Waals surface area contributed by atoms with Crippen LogP contribution in [0.3, 0.4) is 0 Å². The van der Waals surface area contributed by atoms with Crippen LogP contribution in [-0.2, 0) is 4.79 Å². The van der Waals surface area contributed by atoms with E-state index in [0.717, 1.165) is 19.3 Å². The van der Waals surface area contributed by atoms with E-state index in [4.69, 9.17) is 0 Å². The van der Waals surface area contributed by atoms with Gasteiger partial charge in [0.1, 0.15) is 5.82 Å². The summed E-state index contributed by atoms with van der Waals surface area (Å²) in [7, 11) is 0. The van der Waals surface area contributed by atoms with E-state index in [2.05, 4.69) is 16.9 Å². The van der Waals surface area contributed by atoms with Crippen LogP contribution in [0.1, 0.15) is 43.0 Å². The smallest absolute Gasteiger partial charge is 0.251 e. The highest BCUT2D eigenvalue weighted by atomic mass is 32.2. The van der Waals surface area contributed by atoms with E-state index in [0.29, 0.717) is 10.8 Å². The first-order valence-corrected chi connectivity index (χ1v) is 8.71. The first kappa shape index (κ1) is 16.8. The van der Waals surface area contributed by atoms with Gasteiger partial charge in [-0.05, 0) is 37.3 Å². The van der Waals surface area contributed by atoms with Gasteiger partial charge in [0.15, 0.2) is 0 Å². The van der Waals surface area contributed by atoms with Gasteiger partial charge in [0, 0.05) is 23.8 Å². The predicted octanol–water partition coefficient (Wildman–Crippen LogP) is 3.19. The lowest BCUT2D eigenvalue weighted by Gasteiger charge is -2.31. The number of hydrogen-bond acceptors (Lipinski definition) is 3. The van der Waals surface area contributed by atoms with E-state index in [1.807, 2.05) is 0 Å². The predicted molar refractivity (Wildman–Crippen MR) is 87.7 cm³/mol. The molecule has 0 saturated heterocycles. The third-order valence-corrected chi connectivity index (χ3v) is 5.03. The topological polar surface area (TPSA) is 58.2 Å². The average molecular weight is 324 g/mol.